The standard InChI is InChI=1S/C14H15NO2S/c1-3-17-11-6-7-12(10(2)9-11)15-14(16)13-5-4-8-18-13/h4-9H,3H2,1-2H3,(H,15,16). The molecule has 0 aliphatic carbocycles. The van der Waals surface area contributed by atoms with Crippen molar-refractivity contribution in [1.82, 2.24) is 0 Å². The average Bonchev–Trinajstić information content (AvgIpc) is 2.86. The Kier molecular flexibility index (Phi) is 3.99. The smallest absolute Gasteiger partial charge is 0.265 e. The van der Waals surface area contributed by atoms with Crippen molar-refractivity contribution < 1.29 is 9.53 Å². The Labute approximate surface area is 110 Å². The molecule has 0 aliphatic heterocycles. The molecule has 2 rings (SSSR count). The van der Waals surface area contributed by atoms with Crippen molar-refractivity contribution in [2.75, 3.05) is 11.9 Å². The number of rotatable bonds is 4. The molecule has 0 unspecified atom stereocenters. The predicted molar refractivity (Wildman–Crippen MR) is 74.6 cm³/mol. The van der Waals surface area contributed by atoms with Crippen LogP contribution in [0.5, 0.6) is 5.75 Å². The Balaban J connectivity index is 2.12. The predicted octanol–water partition coefficient (Wildman–Crippen LogP) is 3.71. The molecule has 1 aromatic heterocycles. The Morgan fingerprint density at radius 3 is 2.83 bits per heavy atom. The molecule has 18 heavy (non-hydrogen) atoms. The summed E-state index contributed by atoms with van der Waals surface area (Å²) in [6, 6.07) is 9.33. The first kappa shape index (κ1) is 12.6. The molecule has 3 nitrogen and oxygen atoms in total. The number of aryl methyl sites for hydroxylation is 1. The van der Waals surface area contributed by atoms with Gasteiger partial charge in [0.15, 0.2) is 0 Å². The van der Waals surface area contributed by atoms with Crippen LogP contribution in [0.15, 0.2) is 35.7 Å². The lowest BCUT2D eigenvalue weighted by atomic mass is 10.2. The number of carbonyl (C=O) groups is 1. The Hall–Kier alpha value is -1.81. The average molecular weight is 261 g/mol. The summed E-state index contributed by atoms with van der Waals surface area (Å²) < 4.78 is 5.41. The van der Waals surface area contributed by atoms with Crippen molar-refractivity contribution in [3.8, 4) is 5.75 Å². The van der Waals surface area contributed by atoms with Crippen LogP contribution >= 0.6 is 11.3 Å². The number of benzene rings is 1. The summed E-state index contributed by atoms with van der Waals surface area (Å²) in [6.45, 7) is 4.54. The van der Waals surface area contributed by atoms with Crippen LogP contribution in [0.2, 0.25) is 0 Å². The molecular weight excluding hydrogens is 246 g/mol. The summed E-state index contributed by atoms with van der Waals surface area (Å²) in [4.78, 5) is 12.6. The number of thiophene rings is 1. The monoisotopic (exact) mass is 261 g/mol. The van der Waals surface area contributed by atoms with Crippen molar-refractivity contribution in [1.29, 1.82) is 0 Å². The minimum atomic E-state index is -0.0720. The van der Waals surface area contributed by atoms with Gasteiger partial charge < -0.3 is 10.1 Å². The molecule has 94 valence electrons. The summed E-state index contributed by atoms with van der Waals surface area (Å²) in [5, 5.41) is 4.79. The highest BCUT2D eigenvalue weighted by Crippen LogP contribution is 2.22. The van der Waals surface area contributed by atoms with Crippen LogP contribution in [0.25, 0.3) is 0 Å². The van der Waals surface area contributed by atoms with E-state index in [1.54, 1.807) is 0 Å². The molecule has 1 N–H and O–H groups in total. The fraction of sp³-hybridized carbons (Fsp3) is 0.214. The molecule has 0 fully saturated rings. The lowest BCUT2D eigenvalue weighted by molar-refractivity contribution is 0.103. The number of nitrogens with one attached hydrogen (secondary N) is 1. The highest BCUT2D eigenvalue weighted by Gasteiger charge is 2.08. The molecule has 2 aromatic rings. The van der Waals surface area contributed by atoms with Gasteiger partial charge in [-0.3, -0.25) is 4.79 Å². The van der Waals surface area contributed by atoms with Crippen LogP contribution < -0.4 is 10.1 Å². The maximum Gasteiger partial charge on any atom is 0.265 e. The first-order valence-corrected chi connectivity index (χ1v) is 6.67. The lowest BCUT2D eigenvalue weighted by Crippen LogP contribution is -2.11. The van der Waals surface area contributed by atoms with E-state index in [1.807, 2.05) is 49.6 Å². The van der Waals surface area contributed by atoms with Crippen molar-refractivity contribution in [3.63, 3.8) is 0 Å². The minimum absolute atomic E-state index is 0.0720. The first-order valence-electron chi connectivity index (χ1n) is 5.79. The summed E-state index contributed by atoms with van der Waals surface area (Å²) in [6.07, 6.45) is 0. The fourth-order valence-electron chi connectivity index (χ4n) is 1.62. The molecule has 1 amide bonds. The van der Waals surface area contributed by atoms with Gasteiger partial charge in [-0.1, -0.05) is 6.07 Å². The number of carbonyl (C=O) groups excluding carboxylic acids is 1. The highest BCUT2D eigenvalue weighted by molar-refractivity contribution is 7.12. The topological polar surface area (TPSA) is 38.3 Å². The van der Waals surface area contributed by atoms with Crippen LogP contribution in [-0.4, -0.2) is 12.5 Å². The van der Waals surface area contributed by atoms with E-state index in [2.05, 4.69) is 5.32 Å². The first-order chi connectivity index (χ1) is 8.70. The van der Waals surface area contributed by atoms with E-state index in [9.17, 15) is 4.79 Å². The number of hydrogen-bond donors (Lipinski definition) is 1. The summed E-state index contributed by atoms with van der Waals surface area (Å²) in [5.41, 5.74) is 1.81. The van der Waals surface area contributed by atoms with E-state index in [-0.39, 0.29) is 5.91 Å². The third kappa shape index (κ3) is 2.90. The highest BCUT2D eigenvalue weighted by atomic mass is 32.1. The quantitative estimate of drug-likeness (QED) is 0.911. The van der Waals surface area contributed by atoms with E-state index in [4.69, 9.17) is 4.74 Å². The molecule has 0 bridgehead atoms. The molecule has 0 aliphatic rings. The van der Waals surface area contributed by atoms with Gasteiger partial charge in [0.2, 0.25) is 0 Å². The zero-order valence-corrected chi connectivity index (χ0v) is 11.2. The number of hydrogen-bond acceptors (Lipinski definition) is 3. The van der Waals surface area contributed by atoms with E-state index in [1.165, 1.54) is 11.3 Å². The Bertz CT molecular complexity index is 535. The van der Waals surface area contributed by atoms with E-state index in [0.29, 0.717) is 11.5 Å². The SMILES string of the molecule is CCOc1ccc(NC(=O)c2cccs2)c(C)c1. The zero-order valence-electron chi connectivity index (χ0n) is 10.4. The van der Waals surface area contributed by atoms with Gasteiger partial charge in [0.05, 0.1) is 11.5 Å². The minimum Gasteiger partial charge on any atom is -0.494 e. The van der Waals surface area contributed by atoms with Crippen LogP contribution in [0.3, 0.4) is 0 Å². The van der Waals surface area contributed by atoms with Crippen LogP contribution in [0.4, 0.5) is 5.69 Å². The van der Waals surface area contributed by atoms with Gasteiger partial charge in [-0.25, -0.2) is 0 Å². The summed E-state index contributed by atoms with van der Waals surface area (Å²) in [5.74, 6) is 0.751. The van der Waals surface area contributed by atoms with Gasteiger partial charge in [0, 0.05) is 5.69 Å². The van der Waals surface area contributed by atoms with E-state index >= 15 is 0 Å². The van der Waals surface area contributed by atoms with Crippen molar-refractivity contribution >= 4 is 22.9 Å². The molecule has 4 heteroatoms. The third-order valence-electron chi connectivity index (χ3n) is 2.50. The van der Waals surface area contributed by atoms with Crippen molar-refractivity contribution in [2.24, 2.45) is 0 Å². The molecule has 0 radical (unpaired) electrons. The number of anilines is 1. The summed E-state index contributed by atoms with van der Waals surface area (Å²) in [7, 11) is 0. The van der Waals surface area contributed by atoms with Gasteiger partial charge in [-0.05, 0) is 49.1 Å². The lowest BCUT2D eigenvalue weighted by Gasteiger charge is -2.09. The van der Waals surface area contributed by atoms with E-state index in [0.717, 1.165) is 17.0 Å². The van der Waals surface area contributed by atoms with Crippen molar-refractivity contribution in [3.05, 3.63) is 46.2 Å². The van der Waals surface area contributed by atoms with Crippen LogP contribution in [0.1, 0.15) is 22.2 Å². The summed E-state index contributed by atoms with van der Waals surface area (Å²) >= 11 is 1.43. The maximum absolute atomic E-state index is 11.9. The molecule has 0 atom stereocenters. The van der Waals surface area contributed by atoms with Crippen molar-refractivity contribution in [2.45, 2.75) is 13.8 Å². The fourth-order valence-corrected chi connectivity index (χ4v) is 2.24. The third-order valence-corrected chi connectivity index (χ3v) is 3.37. The number of amides is 1. The van der Waals surface area contributed by atoms with E-state index < -0.39 is 0 Å². The van der Waals surface area contributed by atoms with Gasteiger partial charge in [0.1, 0.15) is 5.75 Å². The Morgan fingerprint density at radius 1 is 1.39 bits per heavy atom. The normalized spacial score (nSPS) is 10.1. The second kappa shape index (κ2) is 5.69. The second-order valence-electron chi connectivity index (χ2n) is 3.84. The molecule has 1 aromatic carbocycles. The molecule has 0 saturated carbocycles. The van der Waals surface area contributed by atoms with Gasteiger partial charge in [-0.15, -0.1) is 11.3 Å². The largest absolute Gasteiger partial charge is 0.494 e. The van der Waals surface area contributed by atoms with Gasteiger partial charge in [-0.2, -0.15) is 0 Å². The molecule has 0 spiro atoms. The van der Waals surface area contributed by atoms with Crippen LogP contribution in [-0.2, 0) is 0 Å². The van der Waals surface area contributed by atoms with Gasteiger partial charge >= 0.3 is 0 Å². The Morgan fingerprint density at radius 2 is 2.22 bits per heavy atom. The van der Waals surface area contributed by atoms with Crippen LogP contribution in [0, 0.1) is 6.92 Å². The second-order valence-corrected chi connectivity index (χ2v) is 4.79. The molecular formula is C14H15NO2S. The van der Waals surface area contributed by atoms with Gasteiger partial charge in [0.25, 0.3) is 5.91 Å². The molecule has 1 heterocycles. The maximum atomic E-state index is 11.9. The number of ether oxygens (including phenoxy) is 1. The molecule has 0 saturated heterocycles. The zero-order chi connectivity index (χ0) is 13.0.